The van der Waals surface area contributed by atoms with Crippen molar-refractivity contribution in [2.75, 3.05) is 0 Å². The van der Waals surface area contributed by atoms with Gasteiger partial charge < -0.3 is 0 Å². The Balaban J connectivity index is 1.85. The van der Waals surface area contributed by atoms with Crippen molar-refractivity contribution in [3.8, 4) is 0 Å². The second kappa shape index (κ2) is 7.74. The molecule has 2 aliphatic heterocycles. The molecule has 0 aliphatic carbocycles. The van der Waals surface area contributed by atoms with Gasteiger partial charge >= 0.3 is 201 Å². The van der Waals surface area contributed by atoms with E-state index in [1.807, 2.05) is 0 Å². The first-order chi connectivity index (χ1) is 16.7. The van der Waals surface area contributed by atoms with Gasteiger partial charge in [0.2, 0.25) is 0 Å². The minimum absolute atomic E-state index is 0.139. The van der Waals surface area contributed by atoms with Gasteiger partial charge in [0.05, 0.1) is 0 Å². The summed E-state index contributed by atoms with van der Waals surface area (Å²) in [7, 11) is 0. The van der Waals surface area contributed by atoms with Crippen LogP contribution >= 0.6 is 0 Å². The molecule has 3 aromatic carbocycles. The fraction of sp³-hybridized carbons (Fsp3) is 0.250. The van der Waals surface area contributed by atoms with Gasteiger partial charge in [-0.25, -0.2) is 0 Å². The molecule has 0 saturated carbocycles. The number of rotatable bonds is 2. The quantitative estimate of drug-likeness (QED) is 0.253. The molecule has 2 aliphatic rings. The van der Waals surface area contributed by atoms with E-state index >= 15 is 0 Å². The topological polar surface area (TPSA) is 18.5 Å². The summed E-state index contributed by atoms with van der Waals surface area (Å²) in [5, 5.41) is 0. The van der Waals surface area contributed by atoms with Crippen molar-refractivity contribution in [1.82, 2.24) is 0 Å². The zero-order valence-corrected chi connectivity index (χ0v) is 19.5. The van der Waals surface area contributed by atoms with Crippen LogP contribution in [0.1, 0.15) is 21.5 Å². The molecular weight excluding hydrogens is 570 g/mol. The molecular formula is C24H15F9O2Se. The molecule has 1 fully saturated rings. The maximum absolute atomic E-state index is 14.9. The van der Waals surface area contributed by atoms with E-state index in [4.69, 9.17) is 7.64 Å². The van der Waals surface area contributed by atoms with Crippen molar-refractivity contribution in [2.45, 2.75) is 34.5 Å². The second-order valence-electron chi connectivity index (χ2n) is 8.27. The van der Waals surface area contributed by atoms with E-state index in [9.17, 15) is 39.5 Å². The third-order valence-electron chi connectivity index (χ3n) is 6.28. The van der Waals surface area contributed by atoms with Crippen LogP contribution in [0.5, 0.6) is 0 Å². The Bertz CT molecular complexity index is 1260. The van der Waals surface area contributed by atoms with Gasteiger partial charge in [-0.15, -0.1) is 0 Å². The summed E-state index contributed by atoms with van der Waals surface area (Å²) in [6.07, 6.45) is -17.3. The molecule has 0 amide bonds. The predicted octanol–water partition coefficient (Wildman–Crippen LogP) is 6.50. The van der Waals surface area contributed by atoms with Crippen molar-refractivity contribution in [2.24, 2.45) is 0 Å². The van der Waals surface area contributed by atoms with E-state index in [1.165, 1.54) is 48.5 Å². The molecule has 192 valence electrons. The predicted molar refractivity (Wildman–Crippen MR) is 111 cm³/mol. The summed E-state index contributed by atoms with van der Waals surface area (Å²) >= 11 is -5.37. The number of hydrogen-bond acceptors (Lipinski definition) is 2. The monoisotopic (exact) mass is 586 g/mol. The number of hydrogen-bond donors (Lipinski definition) is 0. The Kier molecular flexibility index (Phi) is 5.40. The summed E-state index contributed by atoms with van der Waals surface area (Å²) in [5.74, 6) is 0. The molecule has 12 heteroatoms. The fourth-order valence-corrected chi connectivity index (χ4v) is 13.0. The van der Waals surface area contributed by atoms with Gasteiger partial charge in [-0.3, -0.25) is 0 Å². The van der Waals surface area contributed by atoms with Crippen molar-refractivity contribution in [3.63, 3.8) is 0 Å². The molecule has 5 rings (SSSR count). The van der Waals surface area contributed by atoms with E-state index in [1.54, 1.807) is 0 Å². The van der Waals surface area contributed by atoms with Crippen molar-refractivity contribution < 1.29 is 47.2 Å². The molecule has 36 heavy (non-hydrogen) atoms. The van der Waals surface area contributed by atoms with Gasteiger partial charge in [0.1, 0.15) is 0 Å². The molecule has 1 saturated heterocycles. The van der Waals surface area contributed by atoms with Crippen LogP contribution in [0.25, 0.3) is 0 Å². The van der Waals surface area contributed by atoms with Crippen molar-refractivity contribution in [1.29, 1.82) is 0 Å². The average Bonchev–Trinajstić information content (AvgIpc) is 3.12. The first-order valence-electron chi connectivity index (χ1n) is 10.4. The molecule has 3 atom stereocenters. The number of fused-ring (bicyclic) bond motifs is 2. The van der Waals surface area contributed by atoms with Gasteiger partial charge in [-0.1, -0.05) is 0 Å². The molecule has 0 aromatic heterocycles. The maximum atomic E-state index is 14.9. The molecule has 1 unspecified atom stereocenters. The van der Waals surface area contributed by atoms with E-state index in [0.717, 1.165) is 30.3 Å². The van der Waals surface area contributed by atoms with Gasteiger partial charge in [0.25, 0.3) is 0 Å². The van der Waals surface area contributed by atoms with Crippen LogP contribution in [0.15, 0.2) is 84.9 Å². The standard InChI is InChI=1S/C24H15F9O2Se/c25-22(26,27)20(16-11-5-2-6-12-16)19(15-9-3-1-4-10-15)36(34-20)18-14-8-7-13-17(18)21(35-36,23(28,29)30)24(31,32)33/h1-14,19H/t19-,20-/m0/s1. The van der Waals surface area contributed by atoms with Crippen LogP contribution in [-0.4, -0.2) is 32.0 Å². The van der Waals surface area contributed by atoms with Gasteiger partial charge in [0.15, 0.2) is 0 Å². The number of benzene rings is 3. The second-order valence-corrected chi connectivity index (χ2v) is 13.2. The molecule has 1 spiro atoms. The zero-order chi connectivity index (χ0) is 26.2. The molecule has 2 heterocycles. The third kappa shape index (κ3) is 3.08. The Morgan fingerprint density at radius 3 is 1.61 bits per heavy atom. The Morgan fingerprint density at radius 1 is 0.583 bits per heavy atom. The van der Waals surface area contributed by atoms with Gasteiger partial charge in [0, 0.05) is 0 Å². The van der Waals surface area contributed by atoms with Gasteiger partial charge in [-0.2, -0.15) is 0 Å². The first kappa shape index (κ1) is 25.1. The van der Waals surface area contributed by atoms with E-state index in [2.05, 4.69) is 0 Å². The molecule has 3 aromatic rings. The molecule has 2 nitrogen and oxygen atoms in total. The van der Waals surface area contributed by atoms with E-state index in [0.29, 0.717) is 6.07 Å². The normalized spacial score (nSPS) is 29.3. The summed E-state index contributed by atoms with van der Waals surface area (Å²) in [4.78, 5) is -2.00. The van der Waals surface area contributed by atoms with Crippen LogP contribution < -0.4 is 4.46 Å². The Hall–Kier alpha value is -2.53. The molecule has 0 bridgehead atoms. The van der Waals surface area contributed by atoms with E-state index < -0.39 is 63.6 Å². The van der Waals surface area contributed by atoms with Crippen LogP contribution in [0.4, 0.5) is 39.5 Å². The molecule has 0 radical (unpaired) electrons. The van der Waals surface area contributed by atoms with Crippen LogP contribution in [0.3, 0.4) is 0 Å². The summed E-state index contributed by atoms with van der Waals surface area (Å²) < 4.78 is 140. The first-order valence-corrected chi connectivity index (χ1v) is 13.6. The number of halogens is 9. The molecule has 0 N–H and O–H groups in total. The zero-order valence-electron chi connectivity index (χ0n) is 17.8. The summed E-state index contributed by atoms with van der Waals surface area (Å²) in [6.45, 7) is 0. The van der Waals surface area contributed by atoms with Crippen LogP contribution in [-0.2, 0) is 18.8 Å². The van der Waals surface area contributed by atoms with Gasteiger partial charge in [-0.05, 0) is 0 Å². The third-order valence-corrected chi connectivity index (χ3v) is 13.0. The summed E-state index contributed by atoms with van der Waals surface area (Å²) in [6, 6.07) is 16.4. The van der Waals surface area contributed by atoms with Crippen LogP contribution in [0.2, 0.25) is 0 Å². The Morgan fingerprint density at radius 2 is 1.08 bits per heavy atom. The fourth-order valence-electron chi connectivity index (χ4n) is 4.83. The van der Waals surface area contributed by atoms with Crippen molar-refractivity contribution >= 4 is 18.0 Å². The average molecular weight is 585 g/mol. The SMILES string of the molecule is FC(F)(F)C1(C(F)(F)F)O[Se]2(O[C@](c3ccccc3)(C(F)(F)F)[C@@H]2c2ccccc2)c2ccccc21. The van der Waals surface area contributed by atoms with E-state index in [-0.39, 0.29) is 5.56 Å². The van der Waals surface area contributed by atoms with Crippen LogP contribution in [0, 0.1) is 0 Å². The van der Waals surface area contributed by atoms with Crippen molar-refractivity contribution in [3.05, 3.63) is 102 Å². The number of alkyl halides is 9. The minimum atomic E-state index is -6.03. The Labute approximate surface area is 201 Å². The summed E-state index contributed by atoms with van der Waals surface area (Å²) in [5.41, 5.74) is -9.95.